The van der Waals surface area contributed by atoms with Gasteiger partial charge in [-0.2, -0.15) is 0 Å². The molecule has 0 fully saturated rings. The van der Waals surface area contributed by atoms with Gasteiger partial charge in [0.15, 0.2) is 0 Å². The Labute approximate surface area is 129 Å². The van der Waals surface area contributed by atoms with E-state index in [4.69, 9.17) is 0 Å². The van der Waals surface area contributed by atoms with Gasteiger partial charge in [0.2, 0.25) is 5.91 Å². The van der Waals surface area contributed by atoms with Crippen LogP contribution in [0.15, 0.2) is 61.0 Å². The summed E-state index contributed by atoms with van der Waals surface area (Å²) in [5, 5.41) is 2.89. The first-order valence-electron chi connectivity index (χ1n) is 6.74. The lowest BCUT2D eigenvalue weighted by Gasteiger charge is -2.18. The second kappa shape index (κ2) is 7.55. The zero-order chi connectivity index (χ0) is 15.1. The number of carbonyl (C=O) groups excluding carboxylic acids is 1. The SMILES string of the molecule is C=CCN(CC=C)C(=O)Cc1csc(-c2ccccc2)n1. The quantitative estimate of drug-likeness (QED) is 0.732. The van der Waals surface area contributed by atoms with E-state index in [-0.39, 0.29) is 5.91 Å². The van der Waals surface area contributed by atoms with Gasteiger partial charge in [0.1, 0.15) is 5.01 Å². The fraction of sp³-hybridized carbons (Fsp3) is 0.176. The van der Waals surface area contributed by atoms with Gasteiger partial charge in [-0.05, 0) is 0 Å². The van der Waals surface area contributed by atoms with Crippen LogP contribution in [0.25, 0.3) is 10.6 Å². The molecular weight excluding hydrogens is 280 g/mol. The van der Waals surface area contributed by atoms with E-state index in [1.54, 1.807) is 28.4 Å². The molecule has 0 saturated carbocycles. The summed E-state index contributed by atoms with van der Waals surface area (Å²) in [4.78, 5) is 18.5. The predicted octanol–water partition coefficient (Wildman–Crippen LogP) is 3.55. The van der Waals surface area contributed by atoms with Gasteiger partial charge < -0.3 is 4.90 Å². The Morgan fingerprint density at radius 1 is 1.19 bits per heavy atom. The van der Waals surface area contributed by atoms with Gasteiger partial charge in [0.25, 0.3) is 0 Å². The molecule has 21 heavy (non-hydrogen) atoms. The van der Waals surface area contributed by atoms with Crippen molar-refractivity contribution in [2.45, 2.75) is 6.42 Å². The van der Waals surface area contributed by atoms with E-state index in [0.29, 0.717) is 19.5 Å². The maximum Gasteiger partial charge on any atom is 0.229 e. The van der Waals surface area contributed by atoms with Gasteiger partial charge in [0.05, 0.1) is 12.1 Å². The summed E-state index contributed by atoms with van der Waals surface area (Å²) in [7, 11) is 0. The lowest BCUT2D eigenvalue weighted by molar-refractivity contribution is -0.129. The van der Waals surface area contributed by atoms with Crippen LogP contribution in [-0.4, -0.2) is 28.9 Å². The fourth-order valence-corrected chi connectivity index (χ4v) is 2.78. The van der Waals surface area contributed by atoms with Crippen LogP contribution >= 0.6 is 11.3 Å². The lowest BCUT2D eigenvalue weighted by Crippen LogP contribution is -2.32. The van der Waals surface area contributed by atoms with Crippen LogP contribution in [0.2, 0.25) is 0 Å². The van der Waals surface area contributed by atoms with Crippen LogP contribution in [0.4, 0.5) is 0 Å². The number of carbonyl (C=O) groups is 1. The van der Waals surface area contributed by atoms with Crippen molar-refractivity contribution in [1.29, 1.82) is 0 Å². The van der Waals surface area contributed by atoms with Crippen LogP contribution in [-0.2, 0) is 11.2 Å². The Hall–Kier alpha value is -2.20. The van der Waals surface area contributed by atoms with Crippen LogP contribution in [0.5, 0.6) is 0 Å². The number of thiazole rings is 1. The molecule has 0 saturated heterocycles. The Balaban J connectivity index is 2.06. The highest BCUT2D eigenvalue weighted by Gasteiger charge is 2.14. The first-order valence-corrected chi connectivity index (χ1v) is 7.62. The average molecular weight is 298 g/mol. The molecule has 1 amide bonds. The standard InChI is InChI=1S/C17H18N2OS/c1-3-10-19(11-4-2)16(20)12-15-13-21-17(18-15)14-8-6-5-7-9-14/h3-9,13H,1-2,10-12H2. The summed E-state index contributed by atoms with van der Waals surface area (Å²) < 4.78 is 0. The van der Waals surface area contributed by atoms with Gasteiger partial charge in [-0.3, -0.25) is 4.79 Å². The highest BCUT2D eigenvalue weighted by Crippen LogP contribution is 2.23. The summed E-state index contributed by atoms with van der Waals surface area (Å²) in [5.41, 5.74) is 1.89. The smallest absolute Gasteiger partial charge is 0.229 e. The van der Waals surface area contributed by atoms with Gasteiger partial charge in [-0.25, -0.2) is 4.98 Å². The number of hydrogen-bond acceptors (Lipinski definition) is 3. The highest BCUT2D eigenvalue weighted by atomic mass is 32.1. The molecule has 2 aromatic rings. The Kier molecular flexibility index (Phi) is 5.46. The van der Waals surface area contributed by atoms with E-state index < -0.39 is 0 Å². The number of hydrogen-bond donors (Lipinski definition) is 0. The number of rotatable bonds is 7. The number of aromatic nitrogens is 1. The molecule has 0 unspecified atom stereocenters. The Bertz CT molecular complexity index is 609. The van der Waals surface area contributed by atoms with Crippen LogP contribution in [0.1, 0.15) is 5.69 Å². The minimum atomic E-state index is 0.0414. The van der Waals surface area contributed by atoms with E-state index in [1.165, 1.54) is 0 Å². The third-order valence-corrected chi connectivity index (χ3v) is 3.90. The van der Waals surface area contributed by atoms with Crippen LogP contribution in [0, 0.1) is 0 Å². The van der Waals surface area contributed by atoms with Gasteiger partial charge in [-0.15, -0.1) is 24.5 Å². The van der Waals surface area contributed by atoms with E-state index in [9.17, 15) is 4.79 Å². The monoisotopic (exact) mass is 298 g/mol. The zero-order valence-electron chi connectivity index (χ0n) is 11.9. The molecule has 1 aromatic carbocycles. The van der Waals surface area contributed by atoms with Crippen LogP contribution in [0.3, 0.4) is 0 Å². The average Bonchev–Trinajstić information content (AvgIpc) is 2.96. The summed E-state index contributed by atoms with van der Waals surface area (Å²) in [5.74, 6) is 0.0414. The van der Waals surface area contributed by atoms with Crippen molar-refractivity contribution >= 4 is 17.2 Å². The molecule has 0 aliphatic heterocycles. The van der Waals surface area contributed by atoms with Crippen molar-refractivity contribution in [2.75, 3.05) is 13.1 Å². The van der Waals surface area contributed by atoms with Crippen molar-refractivity contribution in [2.24, 2.45) is 0 Å². The topological polar surface area (TPSA) is 33.2 Å². The predicted molar refractivity (Wildman–Crippen MR) is 88.2 cm³/mol. The molecule has 0 atom stereocenters. The summed E-state index contributed by atoms with van der Waals surface area (Å²) in [6.07, 6.45) is 3.75. The molecule has 0 spiro atoms. The molecule has 0 N–H and O–H groups in total. The third-order valence-electron chi connectivity index (χ3n) is 2.96. The van der Waals surface area contributed by atoms with Crippen molar-refractivity contribution in [3.8, 4) is 10.6 Å². The molecule has 1 aromatic heterocycles. The molecule has 108 valence electrons. The van der Waals surface area contributed by atoms with Gasteiger partial charge in [0, 0.05) is 24.0 Å². The molecule has 2 rings (SSSR count). The summed E-state index contributed by atoms with van der Waals surface area (Å²) in [6, 6.07) is 9.98. The van der Waals surface area contributed by atoms with Gasteiger partial charge in [-0.1, -0.05) is 42.5 Å². The first-order chi connectivity index (χ1) is 10.2. The third kappa shape index (κ3) is 4.13. The molecule has 0 bridgehead atoms. The number of nitrogens with zero attached hydrogens (tertiary/aromatic N) is 2. The Morgan fingerprint density at radius 3 is 2.48 bits per heavy atom. The first kappa shape index (κ1) is 15.2. The molecule has 1 heterocycles. The van der Waals surface area contributed by atoms with Crippen LogP contribution < -0.4 is 0 Å². The van der Waals surface area contributed by atoms with Crippen molar-refractivity contribution in [3.05, 3.63) is 66.7 Å². The number of amides is 1. The largest absolute Gasteiger partial charge is 0.335 e. The normalized spacial score (nSPS) is 10.1. The summed E-state index contributed by atoms with van der Waals surface area (Å²) in [6.45, 7) is 8.41. The second-order valence-corrected chi connectivity index (χ2v) is 5.42. The Morgan fingerprint density at radius 2 is 1.86 bits per heavy atom. The minimum absolute atomic E-state index is 0.0414. The molecule has 0 aliphatic carbocycles. The molecular formula is C17H18N2OS. The number of benzene rings is 1. The maximum atomic E-state index is 12.2. The lowest BCUT2D eigenvalue weighted by atomic mass is 10.2. The van der Waals surface area contributed by atoms with E-state index in [0.717, 1.165) is 16.3 Å². The molecule has 0 aliphatic rings. The van der Waals surface area contributed by atoms with Crippen molar-refractivity contribution in [3.63, 3.8) is 0 Å². The summed E-state index contributed by atoms with van der Waals surface area (Å²) >= 11 is 1.56. The maximum absolute atomic E-state index is 12.2. The fourth-order valence-electron chi connectivity index (χ4n) is 1.96. The van der Waals surface area contributed by atoms with E-state index in [1.807, 2.05) is 35.7 Å². The zero-order valence-corrected chi connectivity index (χ0v) is 12.7. The van der Waals surface area contributed by atoms with E-state index >= 15 is 0 Å². The molecule has 0 radical (unpaired) electrons. The molecule has 4 heteroatoms. The minimum Gasteiger partial charge on any atom is -0.335 e. The van der Waals surface area contributed by atoms with Crippen molar-refractivity contribution in [1.82, 2.24) is 9.88 Å². The van der Waals surface area contributed by atoms with E-state index in [2.05, 4.69) is 18.1 Å². The molecule has 3 nitrogen and oxygen atoms in total. The second-order valence-electron chi connectivity index (χ2n) is 4.56. The highest BCUT2D eigenvalue weighted by molar-refractivity contribution is 7.13. The van der Waals surface area contributed by atoms with Crippen molar-refractivity contribution < 1.29 is 4.79 Å². The van der Waals surface area contributed by atoms with Gasteiger partial charge >= 0.3 is 0 Å².